The summed E-state index contributed by atoms with van der Waals surface area (Å²) in [6.07, 6.45) is 6.62. The molecule has 1 aliphatic carbocycles. The number of hydrogen-bond acceptors (Lipinski definition) is 7. The van der Waals surface area contributed by atoms with Crippen molar-refractivity contribution < 1.29 is 17.9 Å². The van der Waals surface area contributed by atoms with Gasteiger partial charge in [-0.3, -0.25) is 9.69 Å². The molecule has 1 saturated heterocycles. The van der Waals surface area contributed by atoms with E-state index in [0.717, 1.165) is 68.1 Å². The Labute approximate surface area is 308 Å². The number of halogens is 2. The van der Waals surface area contributed by atoms with Crippen LogP contribution in [0.4, 0.5) is 5.69 Å². The number of aromatic nitrogens is 2. The molecule has 9 nitrogen and oxygen atoms in total. The van der Waals surface area contributed by atoms with E-state index in [4.69, 9.17) is 27.9 Å². The van der Waals surface area contributed by atoms with Crippen molar-refractivity contribution in [2.24, 2.45) is 5.41 Å². The number of ether oxygens (including phenoxy) is 1. The summed E-state index contributed by atoms with van der Waals surface area (Å²) in [7, 11) is -4.20. The molecule has 0 unspecified atom stereocenters. The topological polar surface area (TPSA) is 108 Å². The molecule has 0 spiro atoms. The lowest BCUT2D eigenvalue weighted by molar-refractivity contribution is 0.0979. The van der Waals surface area contributed by atoms with Gasteiger partial charge in [-0.2, -0.15) is 0 Å². The van der Waals surface area contributed by atoms with E-state index < -0.39 is 15.9 Å². The molecular formula is C39H39Cl2N5O4S. The van der Waals surface area contributed by atoms with Crippen molar-refractivity contribution in [1.82, 2.24) is 19.6 Å². The van der Waals surface area contributed by atoms with Crippen LogP contribution in [0.2, 0.25) is 10.0 Å². The van der Waals surface area contributed by atoms with Gasteiger partial charge in [-0.15, -0.1) is 0 Å². The molecule has 1 amide bonds. The molecule has 0 bridgehead atoms. The second-order valence-electron chi connectivity index (χ2n) is 14.0. The number of carbonyl (C=O) groups is 1. The van der Waals surface area contributed by atoms with Crippen LogP contribution in [-0.2, 0) is 10.0 Å². The van der Waals surface area contributed by atoms with Gasteiger partial charge in [0.15, 0.2) is 0 Å². The Hall–Kier alpha value is -4.35. The largest absolute Gasteiger partial charge is 0.455 e. The minimum absolute atomic E-state index is 0.0686. The van der Waals surface area contributed by atoms with Crippen LogP contribution >= 0.6 is 23.2 Å². The van der Waals surface area contributed by atoms with E-state index >= 15 is 0 Å². The van der Waals surface area contributed by atoms with Gasteiger partial charge in [0, 0.05) is 66.1 Å². The lowest BCUT2D eigenvalue weighted by Crippen LogP contribution is -2.47. The lowest BCUT2D eigenvalue weighted by atomic mass is 9.72. The molecule has 1 fully saturated rings. The summed E-state index contributed by atoms with van der Waals surface area (Å²) in [6, 6.07) is 22.9. The molecule has 2 N–H and O–H groups in total. The van der Waals surface area contributed by atoms with Crippen molar-refractivity contribution in [2.45, 2.75) is 38.0 Å². The van der Waals surface area contributed by atoms with Gasteiger partial charge in [-0.25, -0.2) is 18.1 Å². The highest BCUT2D eigenvalue weighted by Crippen LogP contribution is 2.43. The molecule has 2 aromatic heterocycles. The molecule has 5 aromatic rings. The Kier molecular flexibility index (Phi) is 9.86. The Bertz CT molecular complexity index is 2230. The summed E-state index contributed by atoms with van der Waals surface area (Å²) in [5.41, 5.74) is 6.08. The molecule has 12 heteroatoms. The third-order valence-electron chi connectivity index (χ3n) is 9.68. The number of piperazine rings is 1. The quantitative estimate of drug-likeness (QED) is 0.156. The standard InChI is InChI=1S/C39H39Cl2N5O4S/c1-39(2)14-12-28(35(23-39)26-6-8-29(40)9-7-26)25-45-16-18-46(19-17-45)31-10-11-34(38(47)44-51(48,49)33-5-3-4-30(41)21-33)36(22-31)50-32-20-27-13-15-42-37(27)43-24-32/h3-11,13,15,20-22,24H,12,14,16-19,23,25H2,1-2H3,(H,42,43)(H,44,47). The third-order valence-corrected chi connectivity index (χ3v) is 11.5. The normalized spacial score (nSPS) is 16.7. The molecule has 264 valence electrons. The maximum atomic E-state index is 13.6. The van der Waals surface area contributed by atoms with Crippen molar-refractivity contribution in [2.75, 3.05) is 37.6 Å². The lowest BCUT2D eigenvalue weighted by Gasteiger charge is -2.39. The van der Waals surface area contributed by atoms with Gasteiger partial charge in [0.05, 0.1) is 16.7 Å². The monoisotopic (exact) mass is 743 g/mol. The summed E-state index contributed by atoms with van der Waals surface area (Å²) in [5.74, 6) is -0.193. The first-order valence-corrected chi connectivity index (χ1v) is 19.2. The highest BCUT2D eigenvalue weighted by Gasteiger charge is 2.30. The van der Waals surface area contributed by atoms with Gasteiger partial charge in [-0.05, 0) is 90.4 Å². The number of nitrogens with one attached hydrogen (secondary N) is 2. The van der Waals surface area contributed by atoms with Crippen LogP contribution in [0.15, 0.2) is 102 Å². The van der Waals surface area contributed by atoms with Crippen LogP contribution in [0.5, 0.6) is 11.5 Å². The average molecular weight is 745 g/mol. The fourth-order valence-electron chi connectivity index (χ4n) is 6.85. The van der Waals surface area contributed by atoms with Crippen LogP contribution in [0.25, 0.3) is 16.6 Å². The van der Waals surface area contributed by atoms with Crippen LogP contribution < -0.4 is 14.4 Å². The zero-order chi connectivity index (χ0) is 35.8. The van der Waals surface area contributed by atoms with Crippen molar-refractivity contribution in [1.29, 1.82) is 0 Å². The molecule has 3 heterocycles. The molecule has 3 aromatic carbocycles. The zero-order valence-electron chi connectivity index (χ0n) is 28.5. The number of rotatable bonds is 9. The van der Waals surface area contributed by atoms with Gasteiger partial charge in [0.25, 0.3) is 15.9 Å². The second kappa shape index (κ2) is 14.3. The summed E-state index contributed by atoms with van der Waals surface area (Å²) in [4.78, 5) is 25.7. The van der Waals surface area contributed by atoms with Gasteiger partial charge in [0.1, 0.15) is 17.1 Å². The van der Waals surface area contributed by atoms with E-state index in [0.29, 0.717) is 11.4 Å². The molecule has 0 atom stereocenters. The van der Waals surface area contributed by atoms with Gasteiger partial charge in [-0.1, -0.05) is 60.8 Å². The van der Waals surface area contributed by atoms with Crippen LogP contribution in [0, 0.1) is 5.41 Å². The number of anilines is 1. The molecule has 0 saturated carbocycles. The zero-order valence-corrected chi connectivity index (χ0v) is 30.8. The Morgan fingerprint density at radius 1 is 0.961 bits per heavy atom. The van der Waals surface area contributed by atoms with E-state index in [2.05, 4.69) is 50.5 Å². The number of hydrogen-bond donors (Lipinski definition) is 2. The van der Waals surface area contributed by atoms with E-state index in [9.17, 15) is 13.2 Å². The smallest absolute Gasteiger partial charge is 0.268 e. The van der Waals surface area contributed by atoms with E-state index in [1.165, 1.54) is 34.9 Å². The van der Waals surface area contributed by atoms with Gasteiger partial charge >= 0.3 is 0 Å². The fraction of sp³-hybridized carbons (Fsp3) is 0.282. The van der Waals surface area contributed by atoms with Crippen molar-refractivity contribution >= 4 is 61.4 Å². The first-order chi connectivity index (χ1) is 24.4. The third kappa shape index (κ3) is 8.10. The molecular weight excluding hydrogens is 705 g/mol. The number of carbonyl (C=O) groups excluding carboxylic acids is 1. The van der Waals surface area contributed by atoms with Crippen molar-refractivity contribution in [3.63, 3.8) is 0 Å². The Morgan fingerprint density at radius 2 is 1.75 bits per heavy atom. The molecule has 0 radical (unpaired) electrons. The maximum absolute atomic E-state index is 13.6. The summed E-state index contributed by atoms with van der Waals surface area (Å²) in [5, 5.41) is 1.83. The van der Waals surface area contributed by atoms with Gasteiger partial charge < -0.3 is 14.6 Å². The van der Waals surface area contributed by atoms with Crippen LogP contribution in [0.3, 0.4) is 0 Å². The van der Waals surface area contributed by atoms with Crippen molar-refractivity contribution in [3.8, 4) is 11.5 Å². The first-order valence-electron chi connectivity index (χ1n) is 16.9. The number of amides is 1. The number of pyridine rings is 1. The average Bonchev–Trinajstić information content (AvgIpc) is 3.58. The number of allylic oxidation sites excluding steroid dienone is 1. The predicted molar refractivity (Wildman–Crippen MR) is 203 cm³/mol. The SMILES string of the molecule is CC1(C)CCC(CN2CCN(c3ccc(C(=O)NS(=O)(=O)c4cccc(Cl)c4)c(Oc4cnc5[nH]ccc5c4)c3)CC2)=C(c2ccc(Cl)cc2)C1. The summed E-state index contributed by atoms with van der Waals surface area (Å²) < 4.78 is 34.7. The molecule has 7 rings (SSSR count). The van der Waals surface area contributed by atoms with Crippen molar-refractivity contribution in [3.05, 3.63) is 118 Å². The van der Waals surface area contributed by atoms with Gasteiger partial charge in [0.2, 0.25) is 0 Å². The molecule has 2 aliphatic rings. The van der Waals surface area contributed by atoms with E-state index in [-0.39, 0.29) is 26.6 Å². The fourth-order valence-corrected chi connectivity index (χ4v) is 8.24. The minimum Gasteiger partial charge on any atom is -0.455 e. The van der Waals surface area contributed by atoms with Crippen LogP contribution in [-0.4, -0.2) is 61.9 Å². The maximum Gasteiger partial charge on any atom is 0.268 e. The van der Waals surface area contributed by atoms with E-state index in [1.54, 1.807) is 30.6 Å². The second-order valence-corrected chi connectivity index (χ2v) is 16.5. The predicted octanol–water partition coefficient (Wildman–Crippen LogP) is 8.57. The number of nitrogens with zero attached hydrogens (tertiary/aromatic N) is 3. The van der Waals surface area contributed by atoms with E-state index in [1.807, 2.05) is 30.3 Å². The summed E-state index contributed by atoms with van der Waals surface area (Å²) >= 11 is 12.2. The molecule has 51 heavy (non-hydrogen) atoms. The Balaban J connectivity index is 1.11. The summed E-state index contributed by atoms with van der Waals surface area (Å²) in [6.45, 7) is 8.90. The number of H-pyrrole nitrogens is 1. The highest BCUT2D eigenvalue weighted by molar-refractivity contribution is 7.90. The number of benzene rings is 3. The number of sulfonamides is 1. The van der Waals surface area contributed by atoms with Crippen LogP contribution in [0.1, 0.15) is 49.0 Å². The first kappa shape index (κ1) is 35.1. The highest BCUT2D eigenvalue weighted by atomic mass is 35.5. The number of fused-ring (bicyclic) bond motifs is 1. The minimum atomic E-state index is -4.20. The number of aromatic amines is 1. The molecule has 1 aliphatic heterocycles. The Morgan fingerprint density at radius 3 is 2.51 bits per heavy atom.